The van der Waals surface area contributed by atoms with E-state index in [2.05, 4.69) is 0 Å². The summed E-state index contributed by atoms with van der Waals surface area (Å²) in [7, 11) is 0. The molecule has 1 aliphatic heterocycles. The number of ether oxygens (including phenoxy) is 2. The smallest absolute Gasteiger partial charge is 0.416 e. The number of nitrogens with two attached hydrogens (primary N) is 1. The summed E-state index contributed by atoms with van der Waals surface area (Å²) in [5.74, 6) is -0.330. The molecule has 0 radical (unpaired) electrons. The average molecular weight is 485 g/mol. The average Bonchev–Trinajstić information content (AvgIpc) is 3.27. The first-order chi connectivity index (χ1) is 17.5. The monoisotopic (exact) mass is 484 g/mol. The van der Waals surface area contributed by atoms with Crippen LogP contribution in [-0.4, -0.2) is 35.8 Å². The molecule has 1 heterocycles. The predicted octanol–water partition coefficient (Wildman–Crippen LogP) is 4.37. The molecular weight excluding hydrogens is 456 g/mol. The van der Waals surface area contributed by atoms with E-state index in [0.717, 1.165) is 16.7 Å². The number of allylic oxidation sites excluding steroid dienone is 2. The standard InChI is InChI=1S/C29H28N2O5/c30-27(15-16-32)26(23-11-13-25(14-12-23)35-19-22-9-5-2-6-10-22)18-28(33)31-24(20-36-29(31)34)17-21-7-3-1-4-8-21/h1-16,24,26H,17-20,30H2/t24-,26-/m0/s1. The number of aldehydes is 1. The molecular formula is C29H28N2O5. The second kappa shape index (κ2) is 11.8. The lowest BCUT2D eigenvalue weighted by Crippen LogP contribution is -2.41. The van der Waals surface area contributed by atoms with Gasteiger partial charge in [0.1, 0.15) is 25.2 Å². The van der Waals surface area contributed by atoms with Gasteiger partial charge in [0.05, 0.1) is 6.04 Å². The Morgan fingerprint density at radius 2 is 1.64 bits per heavy atom. The lowest BCUT2D eigenvalue weighted by Gasteiger charge is -2.23. The number of hydrogen-bond donors (Lipinski definition) is 1. The van der Waals surface area contributed by atoms with Crippen LogP contribution in [0.3, 0.4) is 0 Å². The van der Waals surface area contributed by atoms with E-state index in [1.165, 1.54) is 11.0 Å². The molecule has 1 fully saturated rings. The van der Waals surface area contributed by atoms with Gasteiger partial charge in [-0.15, -0.1) is 0 Å². The molecule has 0 saturated carbocycles. The molecule has 3 aromatic carbocycles. The number of carbonyl (C=O) groups excluding carboxylic acids is 3. The third kappa shape index (κ3) is 6.18. The van der Waals surface area contributed by atoms with Crippen LogP contribution in [0, 0.1) is 0 Å². The molecule has 1 saturated heterocycles. The summed E-state index contributed by atoms with van der Waals surface area (Å²) in [6, 6.07) is 26.2. The van der Waals surface area contributed by atoms with Crippen LogP contribution in [0.1, 0.15) is 29.0 Å². The Balaban J connectivity index is 1.48. The van der Waals surface area contributed by atoms with Gasteiger partial charge < -0.3 is 15.2 Å². The minimum Gasteiger partial charge on any atom is -0.489 e. The molecule has 0 aliphatic carbocycles. The molecule has 2 amide bonds. The van der Waals surface area contributed by atoms with Crippen LogP contribution in [0.5, 0.6) is 5.75 Å². The van der Waals surface area contributed by atoms with Crippen LogP contribution in [0.25, 0.3) is 0 Å². The fourth-order valence-electron chi connectivity index (χ4n) is 4.24. The van der Waals surface area contributed by atoms with E-state index in [9.17, 15) is 14.4 Å². The van der Waals surface area contributed by atoms with Gasteiger partial charge in [-0.3, -0.25) is 9.59 Å². The number of benzene rings is 3. The van der Waals surface area contributed by atoms with Crippen LogP contribution < -0.4 is 10.5 Å². The molecule has 0 spiro atoms. The second-order valence-corrected chi connectivity index (χ2v) is 8.59. The number of rotatable bonds is 10. The zero-order valence-corrected chi connectivity index (χ0v) is 19.8. The summed E-state index contributed by atoms with van der Waals surface area (Å²) in [6.07, 6.45) is 1.58. The largest absolute Gasteiger partial charge is 0.489 e. The molecule has 2 atom stereocenters. The molecule has 7 heteroatoms. The quantitative estimate of drug-likeness (QED) is 0.339. The highest BCUT2D eigenvalue weighted by Gasteiger charge is 2.38. The van der Waals surface area contributed by atoms with Crippen molar-refractivity contribution in [3.05, 3.63) is 113 Å². The SMILES string of the molecule is NC(=CC=O)[C@@H](CC(=O)N1C(=O)OC[C@@H]1Cc1ccccc1)c1ccc(OCc2ccccc2)cc1. The molecule has 0 aromatic heterocycles. The van der Waals surface area contributed by atoms with Gasteiger partial charge in [0.2, 0.25) is 5.91 Å². The highest BCUT2D eigenvalue weighted by Crippen LogP contribution is 2.29. The number of cyclic esters (lactones) is 1. The zero-order valence-electron chi connectivity index (χ0n) is 19.8. The Morgan fingerprint density at radius 1 is 1.00 bits per heavy atom. The van der Waals surface area contributed by atoms with Gasteiger partial charge in [-0.2, -0.15) is 0 Å². The van der Waals surface area contributed by atoms with Gasteiger partial charge in [0.25, 0.3) is 0 Å². The van der Waals surface area contributed by atoms with Crippen LogP contribution in [0.2, 0.25) is 0 Å². The summed E-state index contributed by atoms with van der Waals surface area (Å²) >= 11 is 0. The summed E-state index contributed by atoms with van der Waals surface area (Å²) in [4.78, 5) is 38.0. The summed E-state index contributed by atoms with van der Waals surface area (Å²) in [6.45, 7) is 0.562. The van der Waals surface area contributed by atoms with Crippen LogP contribution in [0.4, 0.5) is 4.79 Å². The number of amides is 2. The topological polar surface area (TPSA) is 98.9 Å². The van der Waals surface area contributed by atoms with Crippen molar-refractivity contribution in [2.24, 2.45) is 5.73 Å². The van der Waals surface area contributed by atoms with Gasteiger partial charge in [-0.25, -0.2) is 9.69 Å². The van der Waals surface area contributed by atoms with Crippen molar-refractivity contribution in [1.29, 1.82) is 0 Å². The van der Waals surface area contributed by atoms with E-state index in [1.807, 2.05) is 72.8 Å². The predicted molar refractivity (Wildman–Crippen MR) is 135 cm³/mol. The third-order valence-electron chi connectivity index (χ3n) is 6.12. The number of carbonyl (C=O) groups is 3. The van der Waals surface area contributed by atoms with Crippen LogP contribution >= 0.6 is 0 Å². The molecule has 36 heavy (non-hydrogen) atoms. The van der Waals surface area contributed by atoms with Crippen molar-refractivity contribution in [2.45, 2.75) is 31.4 Å². The van der Waals surface area contributed by atoms with Crippen molar-refractivity contribution in [3.63, 3.8) is 0 Å². The molecule has 4 rings (SSSR count). The van der Waals surface area contributed by atoms with Gasteiger partial charge in [0, 0.05) is 18.0 Å². The minimum atomic E-state index is -0.665. The van der Waals surface area contributed by atoms with Gasteiger partial charge in [0.15, 0.2) is 0 Å². The highest BCUT2D eigenvalue weighted by molar-refractivity contribution is 5.94. The van der Waals surface area contributed by atoms with Crippen molar-refractivity contribution in [2.75, 3.05) is 6.61 Å². The van der Waals surface area contributed by atoms with Gasteiger partial charge in [-0.1, -0.05) is 72.8 Å². The Bertz CT molecular complexity index is 1210. The highest BCUT2D eigenvalue weighted by atomic mass is 16.6. The third-order valence-corrected chi connectivity index (χ3v) is 6.12. The number of imide groups is 1. The zero-order chi connectivity index (χ0) is 25.3. The summed E-state index contributed by atoms with van der Waals surface area (Å²) in [5, 5.41) is 0. The summed E-state index contributed by atoms with van der Waals surface area (Å²) in [5.41, 5.74) is 9.21. The maximum atomic E-state index is 13.3. The van der Waals surface area contributed by atoms with E-state index in [0.29, 0.717) is 25.1 Å². The molecule has 184 valence electrons. The Morgan fingerprint density at radius 3 is 2.28 bits per heavy atom. The first-order valence-corrected chi connectivity index (χ1v) is 11.8. The summed E-state index contributed by atoms with van der Waals surface area (Å²) < 4.78 is 11.0. The maximum Gasteiger partial charge on any atom is 0.416 e. The Labute approximate surface area is 210 Å². The normalized spacial score (nSPS) is 16.3. The molecule has 7 nitrogen and oxygen atoms in total. The van der Waals surface area contributed by atoms with Gasteiger partial charge >= 0.3 is 6.09 Å². The van der Waals surface area contributed by atoms with Crippen LogP contribution in [0.15, 0.2) is 96.7 Å². The fourth-order valence-corrected chi connectivity index (χ4v) is 4.24. The molecule has 0 bridgehead atoms. The minimum absolute atomic E-state index is 0.0826. The van der Waals surface area contributed by atoms with Gasteiger partial charge in [-0.05, 0) is 41.3 Å². The first-order valence-electron chi connectivity index (χ1n) is 11.8. The number of hydrogen-bond acceptors (Lipinski definition) is 6. The fraction of sp³-hybridized carbons (Fsp3) is 0.207. The van der Waals surface area contributed by atoms with Crippen LogP contribution in [-0.2, 0) is 27.4 Å². The van der Waals surface area contributed by atoms with E-state index in [1.54, 1.807) is 12.1 Å². The maximum absolute atomic E-state index is 13.3. The van der Waals surface area contributed by atoms with Crippen molar-refractivity contribution in [1.82, 2.24) is 4.90 Å². The van der Waals surface area contributed by atoms with E-state index in [4.69, 9.17) is 15.2 Å². The van der Waals surface area contributed by atoms with E-state index < -0.39 is 24.0 Å². The Kier molecular flexibility index (Phi) is 8.13. The van der Waals surface area contributed by atoms with Crippen molar-refractivity contribution < 1.29 is 23.9 Å². The lowest BCUT2D eigenvalue weighted by atomic mass is 9.91. The molecule has 1 aliphatic rings. The second-order valence-electron chi connectivity index (χ2n) is 8.59. The molecule has 0 unspecified atom stereocenters. The lowest BCUT2D eigenvalue weighted by molar-refractivity contribution is -0.129. The molecule has 2 N–H and O–H groups in total. The molecule has 3 aromatic rings. The van der Waals surface area contributed by atoms with E-state index in [-0.39, 0.29) is 18.7 Å². The first kappa shape index (κ1) is 24.7. The van der Waals surface area contributed by atoms with Crippen molar-refractivity contribution in [3.8, 4) is 5.75 Å². The van der Waals surface area contributed by atoms with E-state index >= 15 is 0 Å². The Hall–Kier alpha value is -4.39. The van der Waals surface area contributed by atoms with Crippen molar-refractivity contribution >= 4 is 18.3 Å². The number of nitrogens with zero attached hydrogens (tertiary/aromatic N) is 1.